The fourth-order valence-electron chi connectivity index (χ4n) is 4.96. The van der Waals surface area contributed by atoms with Gasteiger partial charge < -0.3 is 84.6 Å². The maximum absolute atomic E-state index is 13.6. The second-order valence-corrected chi connectivity index (χ2v) is 10.5. The molecule has 2 aromatic carbocycles. The summed E-state index contributed by atoms with van der Waals surface area (Å²) in [6.07, 6.45) is -17.8. The lowest BCUT2D eigenvalue weighted by Gasteiger charge is -2.42. The van der Waals surface area contributed by atoms with E-state index >= 15 is 0 Å². The molecule has 0 bridgehead atoms. The molecule has 2 aliphatic heterocycles. The van der Waals surface area contributed by atoms with Crippen LogP contribution in [-0.4, -0.2) is 136 Å². The molecule has 18 nitrogen and oxygen atoms in total. The lowest BCUT2D eigenvalue weighted by Crippen LogP contribution is -2.62. The van der Waals surface area contributed by atoms with Gasteiger partial charge in [-0.05, 0) is 12.1 Å². The van der Waals surface area contributed by atoms with Gasteiger partial charge in [-0.1, -0.05) is 0 Å². The average molecular weight is 643 g/mol. The summed E-state index contributed by atoms with van der Waals surface area (Å²) in [6.45, 7) is -1.47. The Labute approximate surface area is 250 Å². The zero-order valence-corrected chi connectivity index (χ0v) is 22.8. The fourth-order valence-corrected chi connectivity index (χ4v) is 4.96. The Morgan fingerprint density at radius 1 is 0.689 bits per heavy atom. The smallest absolute Gasteiger partial charge is 0.239 e. The third-order valence-corrected chi connectivity index (χ3v) is 7.43. The number of phenols is 5. The van der Waals surface area contributed by atoms with Gasteiger partial charge in [0.1, 0.15) is 71.3 Å². The molecule has 12 N–H and O–H groups in total. The molecule has 3 heterocycles. The van der Waals surface area contributed by atoms with Crippen molar-refractivity contribution >= 4 is 11.0 Å². The van der Waals surface area contributed by atoms with Crippen LogP contribution < -0.4 is 10.2 Å². The van der Waals surface area contributed by atoms with E-state index in [4.69, 9.17) is 23.4 Å². The molecule has 0 amide bonds. The van der Waals surface area contributed by atoms with Crippen LogP contribution in [0.25, 0.3) is 22.3 Å². The molecule has 45 heavy (non-hydrogen) atoms. The van der Waals surface area contributed by atoms with Crippen molar-refractivity contribution in [3.63, 3.8) is 0 Å². The van der Waals surface area contributed by atoms with E-state index in [0.29, 0.717) is 0 Å². The van der Waals surface area contributed by atoms with Crippen LogP contribution in [0.3, 0.4) is 0 Å². The number of rotatable bonds is 7. The second-order valence-electron chi connectivity index (χ2n) is 10.5. The summed E-state index contributed by atoms with van der Waals surface area (Å²) in [6, 6.07) is 3.51. The van der Waals surface area contributed by atoms with Gasteiger partial charge in [-0.2, -0.15) is 0 Å². The zero-order valence-electron chi connectivity index (χ0n) is 22.8. The van der Waals surface area contributed by atoms with Crippen LogP contribution in [0.2, 0.25) is 0 Å². The molecule has 18 heteroatoms. The Bertz CT molecular complexity index is 1580. The second kappa shape index (κ2) is 12.4. The molecular formula is C27H30O18. The molecule has 5 rings (SSSR count). The number of ether oxygens (including phenoxy) is 4. The van der Waals surface area contributed by atoms with E-state index in [-0.39, 0.29) is 5.56 Å². The molecule has 0 saturated carbocycles. The van der Waals surface area contributed by atoms with Crippen molar-refractivity contribution in [2.24, 2.45) is 0 Å². The number of aliphatic hydroxyl groups excluding tert-OH is 7. The Hall–Kier alpha value is -3.95. The third-order valence-electron chi connectivity index (χ3n) is 7.43. The first kappa shape index (κ1) is 32.4. The van der Waals surface area contributed by atoms with E-state index in [1.54, 1.807) is 0 Å². The minimum Gasteiger partial charge on any atom is -0.508 e. The maximum Gasteiger partial charge on any atom is 0.239 e. The number of aliphatic hydroxyl groups is 7. The van der Waals surface area contributed by atoms with E-state index in [1.807, 2.05) is 0 Å². The highest BCUT2D eigenvalue weighted by Gasteiger charge is 2.48. The van der Waals surface area contributed by atoms with Gasteiger partial charge in [-0.15, -0.1) is 0 Å². The molecule has 246 valence electrons. The first-order chi connectivity index (χ1) is 21.2. The van der Waals surface area contributed by atoms with Crippen molar-refractivity contribution in [3.05, 3.63) is 34.5 Å². The predicted octanol–water partition coefficient (Wildman–Crippen LogP) is -3.01. The van der Waals surface area contributed by atoms with E-state index in [0.717, 1.165) is 24.3 Å². The molecule has 2 aliphatic rings. The average Bonchev–Trinajstić information content (AvgIpc) is 2.99. The van der Waals surface area contributed by atoms with E-state index < -0.39 is 131 Å². The first-order valence-electron chi connectivity index (χ1n) is 13.3. The van der Waals surface area contributed by atoms with Gasteiger partial charge in [0.25, 0.3) is 0 Å². The van der Waals surface area contributed by atoms with Crippen molar-refractivity contribution in [1.82, 2.24) is 0 Å². The molecule has 2 saturated heterocycles. The van der Waals surface area contributed by atoms with Crippen molar-refractivity contribution < 1.29 is 84.6 Å². The van der Waals surface area contributed by atoms with Crippen molar-refractivity contribution in [1.29, 1.82) is 0 Å². The highest BCUT2D eigenvalue weighted by molar-refractivity contribution is 5.88. The van der Waals surface area contributed by atoms with Crippen LogP contribution in [-0.2, 0) is 14.2 Å². The van der Waals surface area contributed by atoms with Crippen LogP contribution in [0.4, 0.5) is 0 Å². The van der Waals surface area contributed by atoms with E-state index in [2.05, 4.69) is 0 Å². The van der Waals surface area contributed by atoms with Crippen LogP contribution in [0.5, 0.6) is 34.5 Å². The Kier molecular flexibility index (Phi) is 8.97. The van der Waals surface area contributed by atoms with Crippen molar-refractivity contribution in [2.45, 2.75) is 61.4 Å². The number of fused-ring (bicyclic) bond motifs is 1. The minimum atomic E-state index is -2.05. The summed E-state index contributed by atoms with van der Waals surface area (Å²) in [5.41, 5.74) is -1.80. The van der Waals surface area contributed by atoms with Crippen LogP contribution in [0.15, 0.2) is 33.5 Å². The molecule has 0 radical (unpaired) electrons. The number of phenolic OH excluding ortho intramolecular Hbond substituents is 5. The van der Waals surface area contributed by atoms with Gasteiger partial charge in [0.2, 0.25) is 17.5 Å². The number of hydrogen-bond acceptors (Lipinski definition) is 18. The standard InChI is InChI=1S/C27H30O18/c28-5-13-17(34)20(37)22(39)26(43-13)41-6-14-18(35)21(38)23(40)27(44-14)45-25-19(36)15-9(30)3-8(29)4-12(15)42-24(25)7-1-10(31)16(33)11(32)2-7/h1-4,13-14,17-18,20-23,26-35,37-40H,5-6H2/t13-,14-,17-,18+,20+,21+,22+,23-,26-,27+/m1/s1. The van der Waals surface area contributed by atoms with Crippen LogP contribution in [0.1, 0.15) is 0 Å². The highest BCUT2D eigenvalue weighted by atomic mass is 16.7. The summed E-state index contributed by atoms with van der Waals surface area (Å²) in [5.74, 6) is -5.28. The summed E-state index contributed by atoms with van der Waals surface area (Å²) in [5, 5.41) is 121. The van der Waals surface area contributed by atoms with Crippen molar-refractivity contribution in [3.8, 4) is 45.8 Å². The van der Waals surface area contributed by atoms with Gasteiger partial charge in [-0.3, -0.25) is 4.79 Å². The lowest BCUT2D eigenvalue weighted by molar-refractivity contribution is -0.323. The normalized spacial score (nSPS) is 32.1. The summed E-state index contributed by atoms with van der Waals surface area (Å²) in [7, 11) is 0. The summed E-state index contributed by atoms with van der Waals surface area (Å²) in [4.78, 5) is 13.6. The highest BCUT2D eigenvalue weighted by Crippen LogP contribution is 2.43. The Balaban J connectivity index is 1.49. The van der Waals surface area contributed by atoms with Gasteiger partial charge in [0.05, 0.1) is 13.2 Å². The predicted molar refractivity (Wildman–Crippen MR) is 143 cm³/mol. The Morgan fingerprint density at radius 3 is 1.89 bits per heavy atom. The number of benzene rings is 2. The van der Waals surface area contributed by atoms with Gasteiger partial charge in [0, 0.05) is 17.7 Å². The van der Waals surface area contributed by atoms with E-state index in [1.165, 1.54) is 0 Å². The van der Waals surface area contributed by atoms with Gasteiger partial charge in [0.15, 0.2) is 29.3 Å². The fraction of sp³-hybridized carbons (Fsp3) is 0.444. The maximum atomic E-state index is 13.6. The summed E-state index contributed by atoms with van der Waals surface area (Å²) >= 11 is 0. The van der Waals surface area contributed by atoms with Crippen molar-refractivity contribution in [2.75, 3.05) is 13.2 Å². The monoisotopic (exact) mass is 642 g/mol. The molecule has 10 atom stereocenters. The quantitative estimate of drug-likeness (QED) is 0.114. The molecular weight excluding hydrogens is 612 g/mol. The summed E-state index contributed by atoms with van der Waals surface area (Å²) < 4.78 is 27.5. The molecule has 2 fully saturated rings. The van der Waals surface area contributed by atoms with Gasteiger partial charge in [-0.25, -0.2) is 0 Å². The first-order valence-corrected chi connectivity index (χ1v) is 13.3. The number of hydrogen-bond donors (Lipinski definition) is 12. The molecule has 0 spiro atoms. The SMILES string of the molecule is O=c1c(O[C@@H]2O[C@H](CO[C@@H]3O[C@H](CO)[C@@H](O)[C@H](O)[C@@H]3O)[C@H](O)[C@H](O)[C@H]2O)c(-c2cc(O)c(O)c(O)c2)oc2cc(O)cc(O)c12. The molecule has 0 aliphatic carbocycles. The van der Waals surface area contributed by atoms with E-state index in [9.17, 15) is 66.1 Å². The Morgan fingerprint density at radius 2 is 1.27 bits per heavy atom. The largest absolute Gasteiger partial charge is 0.508 e. The minimum absolute atomic E-state index is 0.284. The lowest BCUT2D eigenvalue weighted by atomic mass is 9.98. The molecule has 3 aromatic rings. The molecule has 1 aromatic heterocycles. The zero-order chi connectivity index (χ0) is 32.9. The van der Waals surface area contributed by atoms with Crippen LogP contribution >= 0.6 is 0 Å². The third kappa shape index (κ3) is 5.91. The molecule has 0 unspecified atom stereocenters. The number of aromatic hydroxyl groups is 5. The van der Waals surface area contributed by atoms with Gasteiger partial charge >= 0.3 is 0 Å². The topological polar surface area (TPSA) is 310 Å². The van der Waals surface area contributed by atoms with Crippen LogP contribution in [0, 0.1) is 0 Å².